The summed E-state index contributed by atoms with van der Waals surface area (Å²) in [6.07, 6.45) is 0. The van der Waals surface area contributed by atoms with Gasteiger partial charge in [-0.2, -0.15) is 0 Å². The number of amides is 1. The van der Waals surface area contributed by atoms with Crippen LogP contribution in [-0.2, 0) is 19.8 Å². The number of hydrogen-bond donors (Lipinski definition) is 1. The molecule has 0 atom stereocenters. The van der Waals surface area contributed by atoms with Gasteiger partial charge in [-0.3, -0.25) is 9.69 Å². The van der Waals surface area contributed by atoms with Gasteiger partial charge in [0.1, 0.15) is 0 Å². The van der Waals surface area contributed by atoms with Crippen molar-refractivity contribution in [2.75, 3.05) is 14.1 Å². The van der Waals surface area contributed by atoms with E-state index in [1.165, 1.54) is 5.52 Å². The topological polar surface area (TPSA) is 42.2 Å². The summed E-state index contributed by atoms with van der Waals surface area (Å²) in [5, 5.41) is 2.64. The zero-order valence-corrected chi connectivity index (χ0v) is 16.2. The average molecular weight is 369 g/mol. The van der Waals surface area contributed by atoms with E-state index in [0.29, 0.717) is 12.2 Å². The maximum absolute atomic E-state index is 11.6. The van der Waals surface area contributed by atoms with Crippen molar-refractivity contribution >= 4 is 29.2 Å². The van der Waals surface area contributed by atoms with E-state index < -0.39 is 0 Å². The minimum absolute atomic E-state index is 0.0661. The molecule has 0 bridgehead atoms. The van der Waals surface area contributed by atoms with Crippen molar-refractivity contribution in [3.05, 3.63) is 64.4 Å². The van der Waals surface area contributed by atoms with Gasteiger partial charge in [0.25, 0.3) is 5.91 Å². The Morgan fingerprint density at radius 1 is 1.08 bits per heavy atom. The SMILES string of the molecule is CCn1c(=S)n(CN(C)Cc2ccc(C(=O)NC)cc2)c2ccccc21. The molecule has 1 amide bonds. The Labute approximate surface area is 158 Å². The first-order valence-electron chi connectivity index (χ1n) is 8.72. The van der Waals surface area contributed by atoms with Crippen molar-refractivity contribution in [1.82, 2.24) is 19.4 Å². The smallest absolute Gasteiger partial charge is 0.251 e. The number of imidazole rings is 1. The van der Waals surface area contributed by atoms with Gasteiger partial charge in [0, 0.05) is 25.7 Å². The van der Waals surface area contributed by atoms with Crippen molar-refractivity contribution in [2.24, 2.45) is 0 Å². The van der Waals surface area contributed by atoms with Gasteiger partial charge in [0.05, 0.1) is 17.7 Å². The van der Waals surface area contributed by atoms with Gasteiger partial charge < -0.3 is 14.5 Å². The Kier molecular flexibility index (Phi) is 5.54. The molecule has 1 heterocycles. The summed E-state index contributed by atoms with van der Waals surface area (Å²) in [5.74, 6) is -0.0661. The molecule has 1 N–H and O–H groups in total. The van der Waals surface area contributed by atoms with Crippen molar-refractivity contribution in [2.45, 2.75) is 26.7 Å². The maximum atomic E-state index is 11.6. The first kappa shape index (κ1) is 18.4. The van der Waals surface area contributed by atoms with Crippen LogP contribution in [0.15, 0.2) is 48.5 Å². The van der Waals surface area contributed by atoms with Crippen molar-refractivity contribution in [3.63, 3.8) is 0 Å². The number of benzene rings is 2. The van der Waals surface area contributed by atoms with Gasteiger partial charge in [-0.1, -0.05) is 24.3 Å². The highest BCUT2D eigenvalue weighted by atomic mass is 32.1. The summed E-state index contributed by atoms with van der Waals surface area (Å²) < 4.78 is 5.18. The summed E-state index contributed by atoms with van der Waals surface area (Å²) in [6.45, 7) is 4.46. The van der Waals surface area contributed by atoms with E-state index in [-0.39, 0.29) is 5.91 Å². The van der Waals surface area contributed by atoms with E-state index in [0.717, 1.165) is 28.9 Å². The summed E-state index contributed by atoms with van der Waals surface area (Å²) in [7, 11) is 3.72. The fourth-order valence-electron chi connectivity index (χ4n) is 3.22. The number of carbonyl (C=O) groups excluding carboxylic acids is 1. The van der Waals surface area contributed by atoms with Crippen LogP contribution in [0.2, 0.25) is 0 Å². The molecule has 0 aliphatic rings. The quantitative estimate of drug-likeness (QED) is 0.676. The Bertz CT molecular complexity index is 972. The lowest BCUT2D eigenvalue weighted by Gasteiger charge is -2.18. The van der Waals surface area contributed by atoms with Crippen LogP contribution in [0.1, 0.15) is 22.8 Å². The summed E-state index contributed by atoms with van der Waals surface area (Å²) in [6, 6.07) is 16.0. The highest BCUT2D eigenvalue weighted by molar-refractivity contribution is 7.71. The molecule has 0 saturated heterocycles. The van der Waals surface area contributed by atoms with Crippen molar-refractivity contribution in [3.8, 4) is 0 Å². The number of fused-ring (bicyclic) bond motifs is 1. The minimum atomic E-state index is -0.0661. The van der Waals surface area contributed by atoms with E-state index in [1.54, 1.807) is 7.05 Å². The second-order valence-corrected chi connectivity index (χ2v) is 6.74. The number of para-hydroxylation sites is 2. The Balaban J connectivity index is 1.79. The molecule has 2 aromatic carbocycles. The first-order chi connectivity index (χ1) is 12.5. The van der Waals surface area contributed by atoms with Gasteiger partial charge in [0.2, 0.25) is 0 Å². The number of nitrogens with one attached hydrogen (secondary N) is 1. The van der Waals surface area contributed by atoms with Crippen molar-refractivity contribution in [1.29, 1.82) is 0 Å². The van der Waals surface area contributed by atoms with Crippen LogP contribution in [0, 0.1) is 4.77 Å². The lowest BCUT2D eigenvalue weighted by molar-refractivity contribution is 0.0963. The molecule has 0 unspecified atom stereocenters. The maximum Gasteiger partial charge on any atom is 0.251 e. The number of aryl methyl sites for hydroxylation is 1. The third kappa shape index (κ3) is 3.57. The highest BCUT2D eigenvalue weighted by Gasteiger charge is 2.11. The largest absolute Gasteiger partial charge is 0.355 e. The van der Waals surface area contributed by atoms with Gasteiger partial charge in [-0.15, -0.1) is 0 Å². The van der Waals surface area contributed by atoms with E-state index in [9.17, 15) is 4.79 Å². The molecule has 0 saturated carbocycles. The normalized spacial score (nSPS) is 11.2. The Hall–Kier alpha value is -2.44. The first-order valence-corrected chi connectivity index (χ1v) is 9.13. The Morgan fingerprint density at radius 2 is 1.69 bits per heavy atom. The number of nitrogens with zero attached hydrogens (tertiary/aromatic N) is 3. The van der Waals surface area contributed by atoms with Crippen LogP contribution in [-0.4, -0.2) is 34.0 Å². The highest BCUT2D eigenvalue weighted by Crippen LogP contribution is 2.19. The number of aromatic nitrogens is 2. The number of hydrogen-bond acceptors (Lipinski definition) is 3. The zero-order chi connectivity index (χ0) is 18.7. The number of rotatable bonds is 6. The molecule has 0 fully saturated rings. The van der Waals surface area contributed by atoms with Crippen molar-refractivity contribution < 1.29 is 4.79 Å². The Morgan fingerprint density at radius 3 is 2.27 bits per heavy atom. The predicted molar refractivity (Wildman–Crippen MR) is 108 cm³/mol. The third-order valence-electron chi connectivity index (χ3n) is 4.52. The molecule has 0 aliphatic carbocycles. The lowest BCUT2D eigenvalue weighted by atomic mass is 10.1. The molecule has 136 valence electrons. The zero-order valence-electron chi connectivity index (χ0n) is 15.4. The second kappa shape index (κ2) is 7.85. The monoisotopic (exact) mass is 368 g/mol. The molecule has 6 heteroatoms. The molecule has 0 aliphatic heterocycles. The summed E-state index contributed by atoms with van der Waals surface area (Å²) in [5.41, 5.74) is 4.16. The molecule has 0 radical (unpaired) electrons. The number of carbonyl (C=O) groups is 1. The standard InChI is InChI=1S/C20H24N4OS/c1-4-23-17-7-5-6-8-18(17)24(20(23)26)14-22(3)13-15-9-11-16(12-10-15)19(25)21-2/h5-12H,4,13-14H2,1-3H3,(H,21,25). The van der Waals surface area contributed by atoms with Gasteiger partial charge in [-0.05, 0) is 56.0 Å². The fraction of sp³-hybridized carbons (Fsp3) is 0.300. The van der Waals surface area contributed by atoms with E-state index in [1.807, 2.05) is 36.4 Å². The second-order valence-electron chi connectivity index (χ2n) is 6.38. The lowest BCUT2D eigenvalue weighted by Crippen LogP contribution is -2.22. The third-order valence-corrected chi connectivity index (χ3v) is 4.96. The molecule has 3 rings (SSSR count). The molecule has 5 nitrogen and oxygen atoms in total. The summed E-state index contributed by atoms with van der Waals surface area (Å²) >= 11 is 5.69. The van der Waals surface area contributed by atoms with E-state index >= 15 is 0 Å². The van der Waals surface area contributed by atoms with Crippen LogP contribution in [0.25, 0.3) is 11.0 Å². The minimum Gasteiger partial charge on any atom is -0.355 e. The molecular weight excluding hydrogens is 344 g/mol. The van der Waals surface area contributed by atoms with E-state index in [4.69, 9.17) is 12.2 Å². The molecule has 3 aromatic rings. The van der Waals surface area contributed by atoms with Crippen LogP contribution >= 0.6 is 12.2 Å². The molecular formula is C20H24N4OS. The molecule has 26 heavy (non-hydrogen) atoms. The van der Waals surface area contributed by atoms with Crippen LogP contribution in [0.5, 0.6) is 0 Å². The van der Waals surface area contributed by atoms with E-state index in [2.05, 4.69) is 45.5 Å². The molecule has 0 spiro atoms. The van der Waals surface area contributed by atoms with Crippen LogP contribution < -0.4 is 5.32 Å². The van der Waals surface area contributed by atoms with Gasteiger partial charge in [-0.25, -0.2) is 0 Å². The van der Waals surface area contributed by atoms with Crippen LogP contribution in [0.4, 0.5) is 0 Å². The average Bonchev–Trinajstić information content (AvgIpc) is 2.93. The summed E-state index contributed by atoms with van der Waals surface area (Å²) in [4.78, 5) is 13.9. The predicted octanol–water partition coefficient (Wildman–Crippen LogP) is 3.64. The fourth-order valence-corrected chi connectivity index (χ4v) is 3.61. The van der Waals surface area contributed by atoms with Crippen LogP contribution in [0.3, 0.4) is 0 Å². The van der Waals surface area contributed by atoms with Gasteiger partial charge in [0.15, 0.2) is 4.77 Å². The molecule has 1 aromatic heterocycles. The van der Waals surface area contributed by atoms with Gasteiger partial charge >= 0.3 is 0 Å².